The van der Waals surface area contributed by atoms with Gasteiger partial charge in [0.05, 0.1) is 0 Å². The molecule has 0 atom stereocenters. The molecule has 0 aliphatic heterocycles. The number of hydrogen-bond donors (Lipinski definition) is 0. The number of thiophene rings is 1. The topological polar surface area (TPSA) is 0 Å². The molecule has 0 bridgehead atoms. The summed E-state index contributed by atoms with van der Waals surface area (Å²) < 4.78 is 0. The number of aryl methyl sites for hydroxylation is 1. The molecule has 0 spiro atoms. The first-order valence-electron chi connectivity index (χ1n) is 5.37. The van der Waals surface area contributed by atoms with E-state index in [-0.39, 0.29) is 0 Å². The number of hydrogen-bond acceptors (Lipinski definition) is 1. The zero-order valence-electron chi connectivity index (χ0n) is 8.75. The zero-order valence-corrected chi connectivity index (χ0v) is 9.57. The van der Waals surface area contributed by atoms with Gasteiger partial charge in [0.2, 0.25) is 0 Å². The van der Waals surface area contributed by atoms with Gasteiger partial charge in [-0.3, -0.25) is 0 Å². The maximum atomic E-state index is 2.30. The minimum atomic E-state index is 0.957. The Hall–Kier alpha value is -0.300. The van der Waals surface area contributed by atoms with E-state index in [2.05, 4.69) is 30.7 Å². The molecule has 0 N–H and O–H groups in total. The molecular formula is C12H20S. The van der Waals surface area contributed by atoms with Crippen LogP contribution >= 0.6 is 11.3 Å². The van der Waals surface area contributed by atoms with Crippen LogP contribution in [0.1, 0.15) is 45.1 Å². The van der Waals surface area contributed by atoms with Gasteiger partial charge >= 0.3 is 0 Å². The van der Waals surface area contributed by atoms with Crippen LogP contribution < -0.4 is 0 Å². The molecule has 1 rings (SSSR count). The van der Waals surface area contributed by atoms with Crippen LogP contribution in [-0.2, 0) is 6.42 Å². The SMILES string of the molecule is CCC(CC)CCCc1ccsc1. The van der Waals surface area contributed by atoms with Gasteiger partial charge in [-0.1, -0.05) is 33.1 Å². The van der Waals surface area contributed by atoms with Crippen molar-refractivity contribution in [2.75, 3.05) is 0 Å². The van der Waals surface area contributed by atoms with Crippen LogP contribution in [0.15, 0.2) is 16.8 Å². The van der Waals surface area contributed by atoms with Crippen LogP contribution in [0.2, 0.25) is 0 Å². The standard InChI is InChI=1S/C12H20S/c1-3-11(4-2)6-5-7-12-8-9-13-10-12/h8-11H,3-7H2,1-2H3. The summed E-state index contributed by atoms with van der Waals surface area (Å²) in [7, 11) is 0. The monoisotopic (exact) mass is 196 g/mol. The fourth-order valence-corrected chi connectivity index (χ4v) is 2.43. The Morgan fingerprint density at radius 2 is 2.08 bits per heavy atom. The van der Waals surface area contributed by atoms with Crippen molar-refractivity contribution in [1.29, 1.82) is 0 Å². The van der Waals surface area contributed by atoms with Gasteiger partial charge in [0.25, 0.3) is 0 Å². The molecule has 0 saturated heterocycles. The zero-order chi connectivity index (χ0) is 9.52. The Kier molecular flexibility index (Phi) is 5.14. The van der Waals surface area contributed by atoms with Gasteiger partial charge in [-0.25, -0.2) is 0 Å². The maximum Gasteiger partial charge on any atom is -0.00613 e. The lowest BCUT2D eigenvalue weighted by Gasteiger charge is -2.10. The second kappa shape index (κ2) is 6.20. The normalized spacial score (nSPS) is 11.0. The van der Waals surface area contributed by atoms with Crippen molar-refractivity contribution in [3.8, 4) is 0 Å². The molecule has 0 aliphatic carbocycles. The third-order valence-corrected chi connectivity index (χ3v) is 3.54. The van der Waals surface area contributed by atoms with E-state index in [0.29, 0.717) is 0 Å². The van der Waals surface area contributed by atoms with Gasteiger partial charge < -0.3 is 0 Å². The second-order valence-corrected chi connectivity index (χ2v) is 4.49. The molecule has 1 heteroatoms. The van der Waals surface area contributed by atoms with E-state index in [1.807, 2.05) is 11.3 Å². The predicted octanol–water partition coefficient (Wildman–Crippen LogP) is 4.51. The van der Waals surface area contributed by atoms with Gasteiger partial charge in [-0.05, 0) is 41.1 Å². The molecule has 0 aliphatic rings. The van der Waals surface area contributed by atoms with Crippen LogP contribution in [0.4, 0.5) is 0 Å². The van der Waals surface area contributed by atoms with Crippen molar-refractivity contribution in [2.45, 2.75) is 46.0 Å². The first kappa shape index (κ1) is 10.8. The summed E-state index contributed by atoms with van der Waals surface area (Å²) in [5.41, 5.74) is 1.52. The summed E-state index contributed by atoms with van der Waals surface area (Å²) in [6, 6.07) is 2.25. The van der Waals surface area contributed by atoms with E-state index in [9.17, 15) is 0 Å². The summed E-state index contributed by atoms with van der Waals surface area (Å²) in [5.74, 6) is 0.957. The highest BCUT2D eigenvalue weighted by atomic mass is 32.1. The van der Waals surface area contributed by atoms with E-state index < -0.39 is 0 Å². The van der Waals surface area contributed by atoms with E-state index in [4.69, 9.17) is 0 Å². The Morgan fingerprint density at radius 1 is 1.31 bits per heavy atom. The van der Waals surface area contributed by atoms with E-state index in [0.717, 1.165) is 5.92 Å². The quantitative estimate of drug-likeness (QED) is 0.628. The van der Waals surface area contributed by atoms with Crippen molar-refractivity contribution in [3.63, 3.8) is 0 Å². The van der Waals surface area contributed by atoms with Crippen molar-refractivity contribution in [2.24, 2.45) is 5.92 Å². The minimum absolute atomic E-state index is 0.957. The van der Waals surface area contributed by atoms with Crippen LogP contribution in [0.25, 0.3) is 0 Å². The van der Waals surface area contributed by atoms with Gasteiger partial charge in [0, 0.05) is 0 Å². The highest BCUT2D eigenvalue weighted by molar-refractivity contribution is 7.07. The van der Waals surface area contributed by atoms with Crippen molar-refractivity contribution >= 4 is 11.3 Å². The Bertz CT molecular complexity index is 197. The molecule has 1 heterocycles. The summed E-state index contributed by atoms with van der Waals surface area (Å²) in [6.07, 6.45) is 6.74. The van der Waals surface area contributed by atoms with Crippen LogP contribution in [0, 0.1) is 5.92 Å². The molecule has 1 aromatic heterocycles. The molecule has 1 aromatic rings. The first-order chi connectivity index (χ1) is 6.36. The summed E-state index contributed by atoms with van der Waals surface area (Å²) >= 11 is 1.81. The van der Waals surface area contributed by atoms with Gasteiger partial charge in [0.1, 0.15) is 0 Å². The average molecular weight is 196 g/mol. The minimum Gasteiger partial charge on any atom is -0.152 e. The Morgan fingerprint density at radius 3 is 2.62 bits per heavy atom. The molecule has 0 fully saturated rings. The highest BCUT2D eigenvalue weighted by Gasteiger charge is 2.02. The van der Waals surface area contributed by atoms with Gasteiger partial charge in [0.15, 0.2) is 0 Å². The Balaban J connectivity index is 2.13. The molecule has 0 amide bonds. The second-order valence-electron chi connectivity index (χ2n) is 3.71. The smallest absolute Gasteiger partial charge is 0.00613 e. The lowest BCUT2D eigenvalue weighted by atomic mass is 9.96. The summed E-state index contributed by atoms with van der Waals surface area (Å²) in [5, 5.41) is 4.44. The predicted molar refractivity (Wildman–Crippen MR) is 61.3 cm³/mol. The van der Waals surface area contributed by atoms with Crippen molar-refractivity contribution in [3.05, 3.63) is 22.4 Å². The van der Waals surface area contributed by atoms with Crippen LogP contribution in [0.5, 0.6) is 0 Å². The van der Waals surface area contributed by atoms with Crippen LogP contribution in [-0.4, -0.2) is 0 Å². The molecule has 0 unspecified atom stereocenters. The van der Waals surface area contributed by atoms with E-state index in [1.165, 1.54) is 37.7 Å². The molecule has 74 valence electrons. The first-order valence-corrected chi connectivity index (χ1v) is 6.32. The third kappa shape index (κ3) is 3.95. The lowest BCUT2D eigenvalue weighted by molar-refractivity contribution is 0.441. The molecule has 0 nitrogen and oxygen atoms in total. The molecular weight excluding hydrogens is 176 g/mol. The lowest BCUT2D eigenvalue weighted by Crippen LogP contribution is -1.97. The summed E-state index contributed by atoms with van der Waals surface area (Å²) in [6.45, 7) is 4.61. The third-order valence-electron chi connectivity index (χ3n) is 2.81. The summed E-state index contributed by atoms with van der Waals surface area (Å²) in [4.78, 5) is 0. The van der Waals surface area contributed by atoms with Gasteiger partial charge in [-0.15, -0.1) is 0 Å². The largest absolute Gasteiger partial charge is 0.152 e. The fourth-order valence-electron chi connectivity index (χ4n) is 1.73. The molecule has 0 radical (unpaired) electrons. The van der Waals surface area contributed by atoms with E-state index in [1.54, 1.807) is 0 Å². The Labute approximate surface area is 86.0 Å². The molecule has 0 saturated carbocycles. The molecule has 0 aromatic carbocycles. The van der Waals surface area contributed by atoms with Gasteiger partial charge in [-0.2, -0.15) is 11.3 Å². The highest BCUT2D eigenvalue weighted by Crippen LogP contribution is 2.17. The van der Waals surface area contributed by atoms with Crippen molar-refractivity contribution in [1.82, 2.24) is 0 Å². The van der Waals surface area contributed by atoms with Crippen molar-refractivity contribution < 1.29 is 0 Å². The molecule has 13 heavy (non-hydrogen) atoms. The average Bonchev–Trinajstić information content (AvgIpc) is 2.65. The van der Waals surface area contributed by atoms with E-state index >= 15 is 0 Å². The maximum absolute atomic E-state index is 2.30. The fraction of sp³-hybridized carbons (Fsp3) is 0.667. The van der Waals surface area contributed by atoms with Crippen LogP contribution in [0.3, 0.4) is 0 Å². The number of rotatable bonds is 6.